The number of carbonyl (C=O) groups excluding carboxylic acids is 3. The summed E-state index contributed by atoms with van der Waals surface area (Å²) in [5.74, 6) is -1.76. The summed E-state index contributed by atoms with van der Waals surface area (Å²) in [7, 11) is 0. The van der Waals surface area contributed by atoms with Gasteiger partial charge in [-0.2, -0.15) is 0 Å². The van der Waals surface area contributed by atoms with E-state index in [2.05, 4.69) is 0 Å². The molecule has 0 spiro atoms. The maximum absolute atomic E-state index is 13.6. The maximum atomic E-state index is 13.6. The van der Waals surface area contributed by atoms with Crippen molar-refractivity contribution in [3.63, 3.8) is 0 Å². The Morgan fingerprint density at radius 2 is 1.94 bits per heavy atom. The summed E-state index contributed by atoms with van der Waals surface area (Å²) in [6.07, 6.45) is -0.398. The van der Waals surface area contributed by atoms with Gasteiger partial charge in [0.15, 0.2) is 0 Å². The highest BCUT2D eigenvalue weighted by Gasteiger charge is 2.35. The Hall–Kier alpha value is -2.24. The standard InChI is InChI=1S/C12H11FN2O3/c1-7(8-4-2-3-5-9(8)13)15-11(17)6-10(16)14-12(15)18/h2-5,7H,6H2,1H3,(H,14,16,18). The van der Waals surface area contributed by atoms with Crippen molar-refractivity contribution in [2.24, 2.45) is 0 Å². The number of barbiturate groups is 1. The SMILES string of the molecule is CC(c1ccccc1F)N1C(=O)CC(=O)NC1=O. The number of benzene rings is 1. The lowest BCUT2D eigenvalue weighted by molar-refractivity contribution is -0.137. The zero-order valence-electron chi connectivity index (χ0n) is 9.64. The molecule has 1 unspecified atom stereocenters. The predicted molar refractivity (Wildman–Crippen MR) is 59.8 cm³/mol. The molecule has 1 saturated heterocycles. The predicted octanol–water partition coefficient (Wildman–Crippen LogP) is 1.36. The van der Waals surface area contributed by atoms with E-state index in [0.717, 1.165) is 4.90 Å². The molecule has 18 heavy (non-hydrogen) atoms. The number of imide groups is 2. The number of nitrogens with zero attached hydrogens (tertiary/aromatic N) is 1. The summed E-state index contributed by atoms with van der Waals surface area (Å²) in [6, 6.07) is 4.32. The lowest BCUT2D eigenvalue weighted by Crippen LogP contribution is -2.53. The molecule has 0 aliphatic carbocycles. The second-order valence-electron chi connectivity index (χ2n) is 3.99. The molecular formula is C12H11FN2O3. The van der Waals surface area contributed by atoms with Crippen LogP contribution in [0.4, 0.5) is 9.18 Å². The Morgan fingerprint density at radius 1 is 1.28 bits per heavy atom. The molecular weight excluding hydrogens is 239 g/mol. The summed E-state index contributed by atoms with van der Waals surface area (Å²) in [5.41, 5.74) is 0.232. The van der Waals surface area contributed by atoms with Gasteiger partial charge < -0.3 is 0 Å². The average molecular weight is 250 g/mol. The van der Waals surface area contributed by atoms with E-state index in [-0.39, 0.29) is 5.56 Å². The van der Waals surface area contributed by atoms with Crippen LogP contribution in [-0.2, 0) is 9.59 Å². The van der Waals surface area contributed by atoms with Gasteiger partial charge in [-0.1, -0.05) is 18.2 Å². The van der Waals surface area contributed by atoms with Crippen LogP contribution in [0.15, 0.2) is 24.3 Å². The number of carbonyl (C=O) groups is 3. The van der Waals surface area contributed by atoms with Crippen LogP contribution >= 0.6 is 0 Å². The molecule has 2 rings (SSSR count). The van der Waals surface area contributed by atoms with Crippen LogP contribution in [0.25, 0.3) is 0 Å². The van der Waals surface area contributed by atoms with Crippen molar-refractivity contribution in [2.75, 3.05) is 0 Å². The number of amides is 4. The Labute approximate surface area is 103 Å². The van der Waals surface area contributed by atoms with Crippen LogP contribution in [0.3, 0.4) is 0 Å². The number of hydrogen-bond acceptors (Lipinski definition) is 3. The van der Waals surface area contributed by atoms with Gasteiger partial charge in [-0.05, 0) is 13.0 Å². The maximum Gasteiger partial charge on any atom is 0.331 e. The van der Waals surface area contributed by atoms with E-state index >= 15 is 0 Å². The van der Waals surface area contributed by atoms with E-state index in [1.54, 1.807) is 6.07 Å². The fourth-order valence-corrected chi connectivity index (χ4v) is 1.90. The van der Waals surface area contributed by atoms with Gasteiger partial charge in [0.1, 0.15) is 12.2 Å². The van der Waals surface area contributed by atoms with Crippen molar-refractivity contribution in [3.05, 3.63) is 35.6 Å². The molecule has 1 heterocycles. The molecule has 1 aliphatic rings. The van der Waals surface area contributed by atoms with Crippen molar-refractivity contribution < 1.29 is 18.8 Å². The number of rotatable bonds is 2. The molecule has 1 aromatic rings. The lowest BCUT2D eigenvalue weighted by atomic mass is 10.1. The van der Waals surface area contributed by atoms with E-state index < -0.39 is 36.1 Å². The van der Waals surface area contributed by atoms with Crippen LogP contribution in [0.2, 0.25) is 0 Å². The van der Waals surface area contributed by atoms with Crippen LogP contribution in [0.5, 0.6) is 0 Å². The van der Waals surface area contributed by atoms with E-state index in [1.807, 2.05) is 5.32 Å². The van der Waals surface area contributed by atoms with Crippen LogP contribution in [-0.4, -0.2) is 22.7 Å². The number of nitrogens with one attached hydrogen (secondary N) is 1. The highest BCUT2D eigenvalue weighted by molar-refractivity contribution is 6.14. The Kier molecular flexibility index (Phi) is 3.10. The number of urea groups is 1. The molecule has 0 aromatic heterocycles. The third kappa shape index (κ3) is 2.09. The number of hydrogen-bond donors (Lipinski definition) is 1. The molecule has 0 saturated carbocycles. The molecule has 1 atom stereocenters. The normalized spacial score (nSPS) is 17.7. The number of halogens is 1. The van der Waals surface area contributed by atoms with Crippen LogP contribution in [0, 0.1) is 5.82 Å². The van der Waals surface area contributed by atoms with Crippen molar-refractivity contribution >= 4 is 17.8 Å². The van der Waals surface area contributed by atoms with E-state index in [4.69, 9.17) is 0 Å². The molecule has 4 amide bonds. The first-order chi connectivity index (χ1) is 8.50. The molecule has 1 aromatic carbocycles. The van der Waals surface area contributed by atoms with Gasteiger partial charge in [-0.15, -0.1) is 0 Å². The van der Waals surface area contributed by atoms with Gasteiger partial charge in [0.25, 0.3) is 0 Å². The first kappa shape index (κ1) is 12.2. The fourth-order valence-electron chi connectivity index (χ4n) is 1.90. The molecule has 94 valence electrons. The second kappa shape index (κ2) is 4.56. The third-order valence-corrected chi connectivity index (χ3v) is 2.79. The smallest absolute Gasteiger partial charge is 0.277 e. The van der Waals surface area contributed by atoms with Crippen molar-refractivity contribution in [1.29, 1.82) is 0 Å². The highest BCUT2D eigenvalue weighted by Crippen LogP contribution is 2.24. The Balaban J connectivity index is 2.31. The first-order valence-corrected chi connectivity index (χ1v) is 5.41. The summed E-state index contributed by atoms with van der Waals surface area (Å²) in [5, 5.41) is 2.03. The second-order valence-corrected chi connectivity index (χ2v) is 3.99. The molecule has 0 bridgehead atoms. The first-order valence-electron chi connectivity index (χ1n) is 5.41. The largest absolute Gasteiger partial charge is 0.331 e. The van der Waals surface area contributed by atoms with Gasteiger partial charge in [-0.25, -0.2) is 9.18 Å². The Bertz CT molecular complexity index is 510. The monoisotopic (exact) mass is 250 g/mol. The molecule has 0 radical (unpaired) electrons. The van der Waals surface area contributed by atoms with Gasteiger partial charge >= 0.3 is 6.03 Å². The molecule has 1 N–H and O–H groups in total. The van der Waals surface area contributed by atoms with Crippen LogP contribution in [0.1, 0.15) is 24.9 Å². The topological polar surface area (TPSA) is 66.5 Å². The minimum absolute atomic E-state index is 0.232. The zero-order valence-corrected chi connectivity index (χ0v) is 9.64. The van der Waals surface area contributed by atoms with Gasteiger partial charge in [-0.3, -0.25) is 19.8 Å². The highest BCUT2D eigenvalue weighted by atomic mass is 19.1. The van der Waals surface area contributed by atoms with Gasteiger partial charge in [0, 0.05) is 5.56 Å². The minimum Gasteiger partial charge on any atom is -0.277 e. The van der Waals surface area contributed by atoms with E-state index in [1.165, 1.54) is 25.1 Å². The van der Waals surface area contributed by atoms with E-state index in [9.17, 15) is 18.8 Å². The van der Waals surface area contributed by atoms with Gasteiger partial charge in [0.05, 0.1) is 6.04 Å². The molecule has 1 fully saturated rings. The van der Waals surface area contributed by atoms with Crippen molar-refractivity contribution in [2.45, 2.75) is 19.4 Å². The molecule has 5 nitrogen and oxygen atoms in total. The summed E-state index contributed by atoms with van der Waals surface area (Å²) >= 11 is 0. The Morgan fingerprint density at radius 3 is 2.56 bits per heavy atom. The molecule has 1 aliphatic heterocycles. The van der Waals surface area contributed by atoms with E-state index in [0.29, 0.717) is 0 Å². The lowest BCUT2D eigenvalue weighted by Gasteiger charge is -2.30. The quantitative estimate of drug-likeness (QED) is 0.806. The fraction of sp³-hybridized carbons (Fsp3) is 0.250. The summed E-state index contributed by atoms with van der Waals surface area (Å²) in [6.45, 7) is 1.53. The van der Waals surface area contributed by atoms with Gasteiger partial charge in [0.2, 0.25) is 11.8 Å². The van der Waals surface area contributed by atoms with Crippen molar-refractivity contribution in [3.8, 4) is 0 Å². The zero-order chi connectivity index (χ0) is 13.3. The average Bonchev–Trinajstić information content (AvgIpc) is 2.27. The third-order valence-electron chi connectivity index (χ3n) is 2.79. The van der Waals surface area contributed by atoms with Crippen molar-refractivity contribution in [1.82, 2.24) is 10.2 Å². The summed E-state index contributed by atoms with van der Waals surface area (Å²) in [4.78, 5) is 35.1. The summed E-state index contributed by atoms with van der Waals surface area (Å²) < 4.78 is 13.6. The minimum atomic E-state index is -0.813. The molecule has 6 heteroatoms. The van der Waals surface area contributed by atoms with Crippen LogP contribution < -0.4 is 5.32 Å².